The molecule has 37 heavy (non-hydrogen) atoms. The number of thiophene rings is 1. The van der Waals surface area contributed by atoms with Gasteiger partial charge in [0.25, 0.3) is 5.91 Å². The van der Waals surface area contributed by atoms with Crippen LogP contribution < -0.4 is 9.64 Å². The molecular formula is C26H25N3O6S2. The zero-order valence-corrected chi connectivity index (χ0v) is 21.5. The lowest BCUT2D eigenvalue weighted by Crippen LogP contribution is -2.40. The number of hydrogen-bond donors (Lipinski definition) is 1. The molecule has 1 N–H and O–H groups in total. The first-order valence-corrected chi connectivity index (χ1v) is 13.8. The molecule has 1 atom stereocenters. The third-order valence-corrected chi connectivity index (χ3v) is 8.33. The molecule has 2 amide bonds. The molecule has 192 valence electrons. The number of benzene rings is 1. The summed E-state index contributed by atoms with van der Waals surface area (Å²) >= 11 is 2.58. The summed E-state index contributed by atoms with van der Waals surface area (Å²) in [6, 6.07) is 10.6. The van der Waals surface area contributed by atoms with Crippen LogP contribution in [0.5, 0.6) is 5.75 Å². The van der Waals surface area contributed by atoms with Gasteiger partial charge in [0.05, 0.1) is 16.4 Å². The molecule has 0 spiro atoms. The highest BCUT2D eigenvalue weighted by atomic mass is 32.1. The van der Waals surface area contributed by atoms with Gasteiger partial charge in [0, 0.05) is 31.4 Å². The molecule has 2 aromatic heterocycles. The van der Waals surface area contributed by atoms with E-state index >= 15 is 0 Å². The maximum atomic E-state index is 13.3. The average molecular weight is 540 g/mol. The van der Waals surface area contributed by atoms with E-state index in [2.05, 4.69) is 4.98 Å². The fraction of sp³-hybridized carbons (Fsp3) is 0.346. The average Bonchev–Trinajstić information content (AvgIpc) is 3.67. The van der Waals surface area contributed by atoms with Crippen molar-refractivity contribution in [2.45, 2.75) is 31.8 Å². The van der Waals surface area contributed by atoms with Gasteiger partial charge >= 0.3 is 5.97 Å². The quantitative estimate of drug-likeness (QED) is 0.454. The number of ether oxygens (including phenoxy) is 1. The van der Waals surface area contributed by atoms with Gasteiger partial charge in [-0.25, -0.2) is 4.98 Å². The first-order valence-electron chi connectivity index (χ1n) is 12.0. The summed E-state index contributed by atoms with van der Waals surface area (Å²) in [5.41, 5.74) is 0.960. The van der Waals surface area contributed by atoms with Crippen molar-refractivity contribution < 1.29 is 29.0 Å². The number of Topliss-reactive ketones (excluding diaryl/α,β-unsaturated/α-hetero) is 1. The summed E-state index contributed by atoms with van der Waals surface area (Å²) in [4.78, 5) is 58.4. The number of rotatable bonds is 8. The molecular weight excluding hydrogens is 514 g/mol. The molecule has 9 nitrogen and oxygen atoms in total. The minimum atomic E-state index is -0.851. The second-order valence-corrected chi connectivity index (χ2v) is 10.7. The van der Waals surface area contributed by atoms with Crippen LogP contribution in [0.3, 0.4) is 0 Å². The summed E-state index contributed by atoms with van der Waals surface area (Å²) in [6.45, 7) is 1.14. The maximum absolute atomic E-state index is 13.3. The Kier molecular flexibility index (Phi) is 7.33. The fourth-order valence-electron chi connectivity index (χ4n) is 4.55. The summed E-state index contributed by atoms with van der Waals surface area (Å²) in [5, 5.41) is 13.2. The van der Waals surface area contributed by atoms with Gasteiger partial charge < -0.3 is 14.7 Å². The Hall–Kier alpha value is -3.57. The van der Waals surface area contributed by atoms with Crippen LogP contribution in [0.4, 0.5) is 5.13 Å². The first kappa shape index (κ1) is 25.1. The SMILES string of the molecule is O=C(O)C1CCN(C(=O)CCCN(C(=O)c2cccs2)c2nc(C3Oc4ccccc4C3=O)cs2)CC1. The molecule has 0 aliphatic carbocycles. The number of aliphatic carboxylic acids is 1. The summed E-state index contributed by atoms with van der Waals surface area (Å²) in [5.74, 6) is -1.12. The van der Waals surface area contributed by atoms with Crippen LogP contribution in [-0.4, -0.2) is 58.2 Å². The molecule has 0 radical (unpaired) electrons. The van der Waals surface area contributed by atoms with Gasteiger partial charge in [-0.1, -0.05) is 18.2 Å². The number of carbonyl (C=O) groups excluding carboxylic acids is 3. The van der Waals surface area contributed by atoms with E-state index in [1.165, 1.54) is 22.7 Å². The highest BCUT2D eigenvalue weighted by molar-refractivity contribution is 7.14. The predicted octanol–water partition coefficient (Wildman–Crippen LogP) is 4.27. The molecule has 1 unspecified atom stereocenters. The Balaban J connectivity index is 1.26. The van der Waals surface area contributed by atoms with Gasteiger partial charge in [0.15, 0.2) is 5.13 Å². The van der Waals surface area contributed by atoms with E-state index in [1.807, 2.05) is 5.38 Å². The van der Waals surface area contributed by atoms with Crippen LogP contribution in [0, 0.1) is 5.92 Å². The number of likely N-dealkylation sites (tertiary alicyclic amines) is 1. The van der Waals surface area contributed by atoms with Gasteiger partial charge in [-0.05, 0) is 42.8 Å². The number of carbonyl (C=O) groups is 4. The van der Waals surface area contributed by atoms with Crippen molar-refractivity contribution in [3.05, 3.63) is 63.3 Å². The number of carboxylic acid groups (broad SMARTS) is 1. The number of para-hydroxylation sites is 1. The molecule has 3 aromatic rings. The number of nitrogens with zero attached hydrogens (tertiary/aromatic N) is 3. The van der Waals surface area contributed by atoms with Gasteiger partial charge in [-0.15, -0.1) is 22.7 Å². The smallest absolute Gasteiger partial charge is 0.306 e. The Bertz CT molecular complexity index is 1310. The molecule has 0 saturated carbocycles. The van der Waals surface area contributed by atoms with Crippen LogP contribution in [0.15, 0.2) is 47.2 Å². The zero-order valence-electron chi connectivity index (χ0n) is 19.9. The van der Waals surface area contributed by atoms with Gasteiger partial charge in [0.2, 0.25) is 17.8 Å². The Labute approximate surface area is 221 Å². The molecule has 0 bridgehead atoms. The van der Waals surface area contributed by atoms with E-state index in [0.717, 1.165) is 0 Å². The summed E-state index contributed by atoms with van der Waals surface area (Å²) in [7, 11) is 0. The number of hydrogen-bond acceptors (Lipinski definition) is 8. The number of anilines is 1. The monoisotopic (exact) mass is 539 g/mol. The van der Waals surface area contributed by atoms with E-state index in [-0.39, 0.29) is 30.6 Å². The van der Waals surface area contributed by atoms with Crippen molar-refractivity contribution in [2.24, 2.45) is 5.92 Å². The lowest BCUT2D eigenvalue weighted by atomic mass is 9.97. The van der Waals surface area contributed by atoms with Gasteiger partial charge in [-0.3, -0.25) is 24.1 Å². The minimum absolute atomic E-state index is 0.0464. The van der Waals surface area contributed by atoms with Gasteiger partial charge in [0.1, 0.15) is 11.4 Å². The third-order valence-electron chi connectivity index (χ3n) is 6.59. The third kappa shape index (κ3) is 5.28. The van der Waals surface area contributed by atoms with Crippen molar-refractivity contribution in [3.63, 3.8) is 0 Å². The number of fused-ring (bicyclic) bond motifs is 1. The highest BCUT2D eigenvalue weighted by Gasteiger charge is 2.36. The van der Waals surface area contributed by atoms with E-state index in [9.17, 15) is 19.2 Å². The molecule has 1 fully saturated rings. The van der Waals surface area contributed by atoms with Crippen molar-refractivity contribution >= 4 is 51.4 Å². The van der Waals surface area contributed by atoms with Gasteiger partial charge in [-0.2, -0.15) is 0 Å². The second kappa shape index (κ2) is 10.8. The number of aromatic nitrogens is 1. The van der Waals surface area contributed by atoms with E-state index in [4.69, 9.17) is 9.84 Å². The molecule has 1 saturated heterocycles. The Morgan fingerprint density at radius 1 is 1.11 bits per heavy atom. The Morgan fingerprint density at radius 3 is 2.59 bits per heavy atom. The van der Waals surface area contributed by atoms with Crippen LogP contribution in [0.2, 0.25) is 0 Å². The zero-order chi connectivity index (χ0) is 25.9. The van der Waals surface area contributed by atoms with Crippen LogP contribution in [0.1, 0.15) is 57.5 Å². The lowest BCUT2D eigenvalue weighted by molar-refractivity contribution is -0.145. The van der Waals surface area contributed by atoms with Crippen molar-refractivity contribution in [1.29, 1.82) is 0 Å². The fourth-order valence-corrected chi connectivity index (χ4v) is 6.08. The van der Waals surface area contributed by atoms with Crippen LogP contribution >= 0.6 is 22.7 Å². The number of piperidine rings is 1. The predicted molar refractivity (Wildman–Crippen MR) is 138 cm³/mol. The first-order chi connectivity index (χ1) is 17.9. The largest absolute Gasteiger partial charge is 0.481 e. The minimum Gasteiger partial charge on any atom is -0.481 e. The molecule has 1 aromatic carbocycles. The molecule has 11 heteroatoms. The highest BCUT2D eigenvalue weighted by Crippen LogP contribution is 2.38. The number of thiazole rings is 1. The number of amides is 2. The van der Waals surface area contributed by atoms with Crippen molar-refractivity contribution in [3.8, 4) is 5.75 Å². The Morgan fingerprint density at radius 2 is 1.89 bits per heavy atom. The molecule has 2 aliphatic heterocycles. The van der Waals surface area contributed by atoms with Crippen LogP contribution in [0.25, 0.3) is 0 Å². The standard InChI is InChI=1S/C26H25N3O6S2/c30-21(28-12-9-16(10-13-28)25(33)34)8-3-11-29(24(32)20-7-4-14-36-20)26-27-18(15-37-26)23-22(31)17-5-1-2-6-19(17)35-23/h1-2,4-7,14-16,23H,3,8-13H2,(H,33,34). The van der Waals surface area contributed by atoms with Crippen LogP contribution in [-0.2, 0) is 9.59 Å². The van der Waals surface area contributed by atoms with E-state index < -0.39 is 18.0 Å². The summed E-state index contributed by atoms with van der Waals surface area (Å²) in [6.07, 6.45) is 0.726. The van der Waals surface area contributed by atoms with E-state index in [0.29, 0.717) is 59.4 Å². The molecule has 5 rings (SSSR count). The normalized spacial score (nSPS) is 17.4. The topological polar surface area (TPSA) is 117 Å². The summed E-state index contributed by atoms with van der Waals surface area (Å²) < 4.78 is 5.84. The maximum Gasteiger partial charge on any atom is 0.306 e. The second-order valence-electron chi connectivity index (χ2n) is 8.94. The number of carboxylic acids is 1. The van der Waals surface area contributed by atoms with Crippen molar-refractivity contribution in [2.75, 3.05) is 24.5 Å². The van der Waals surface area contributed by atoms with Crippen molar-refractivity contribution in [1.82, 2.24) is 9.88 Å². The molecule has 4 heterocycles. The lowest BCUT2D eigenvalue weighted by Gasteiger charge is -2.30. The van der Waals surface area contributed by atoms with E-state index in [1.54, 1.807) is 51.6 Å². The number of ketones is 1. The molecule has 2 aliphatic rings.